The minimum Gasteiger partial charge on any atom is -0.250 e. The summed E-state index contributed by atoms with van der Waals surface area (Å²) in [5.74, 6) is 0.468. The first-order valence-electron chi connectivity index (χ1n) is 16.5. The second-order valence-corrected chi connectivity index (χ2v) is 11.8. The van der Waals surface area contributed by atoms with E-state index in [1.165, 1.54) is 127 Å². The summed E-state index contributed by atoms with van der Waals surface area (Å²) in [6.45, 7) is 2.30. The van der Waals surface area contributed by atoms with Crippen molar-refractivity contribution < 1.29 is 4.57 Å². The van der Waals surface area contributed by atoms with Gasteiger partial charge in [0, 0.05) is 5.92 Å². The van der Waals surface area contributed by atoms with Crippen LogP contribution >= 0.6 is 0 Å². The molecule has 3 rings (SSSR count). The van der Waals surface area contributed by atoms with Crippen LogP contribution in [0.25, 0.3) is 0 Å². The molecule has 0 bridgehead atoms. The number of rotatable bonds is 23. The first-order chi connectivity index (χ1) is 19.4. The molecular weight excluding hydrogens is 472 g/mol. The van der Waals surface area contributed by atoms with Gasteiger partial charge < -0.3 is 0 Å². The highest BCUT2D eigenvalue weighted by atomic mass is 15.1. The SMILES string of the molecule is CCCCCCCCCCCCCCCCCCCC(C(Cc1ccccc1)c1ccccc1)[n+]1cc[nH]c1. The molecule has 2 aromatic carbocycles. The minimum atomic E-state index is 0.468. The van der Waals surface area contributed by atoms with E-state index >= 15 is 0 Å². The van der Waals surface area contributed by atoms with Gasteiger partial charge in [0.1, 0.15) is 18.4 Å². The van der Waals surface area contributed by atoms with Crippen molar-refractivity contribution in [3.63, 3.8) is 0 Å². The lowest BCUT2D eigenvalue weighted by Gasteiger charge is -2.26. The summed E-state index contributed by atoms with van der Waals surface area (Å²) < 4.78 is 2.42. The van der Waals surface area contributed by atoms with Crippen LogP contribution in [-0.2, 0) is 6.42 Å². The molecular formula is C37H57N2+. The topological polar surface area (TPSA) is 19.7 Å². The second kappa shape index (κ2) is 20.5. The molecule has 0 aliphatic carbocycles. The fourth-order valence-electron chi connectivity index (χ4n) is 6.19. The van der Waals surface area contributed by atoms with Crippen molar-refractivity contribution in [1.29, 1.82) is 0 Å². The molecule has 2 atom stereocenters. The summed E-state index contributed by atoms with van der Waals surface area (Å²) >= 11 is 0. The van der Waals surface area contributed by atoms with Crippen LogP contribution < -0.4 is 4.57 Å². The van der Waals surface area contributed by atoms with Crippen molar-refractivity contribution in [2.45, 2.75) is 141 Å². The zero-order valence-corrected chi connectivity index (χ0v) is 25.0. The average molecular weight is 530 g/mol. The Morgan fingerprint density at radius 3 is 1.56 bits per heavy atom. The summed E-state index contributed by atoms with van der Waals surface area (Å²) in [5, 5.41) is 0. The molecule has 0 saturated carbocycles. The Kier molecular flexibility index (Phi) is 16.4. The van der Waals surface area contributed by atoms with Crippen molar-refractivity contribution in [1.82, 2.24) is 4.98 Å². The van der Waals surface area contributed by atoms with Gasteiger partial charge in [-0.3, -0.25) is 4.98 Å². The molecule has 2 unspecified atom stereocenters. The summed E-state index contributed by atoms with van der Waals surface area (Å²) in [4.78, 5) is 3.30. The van der Waals surface area contributed by atoms with Crippen LogP contribution in [-0.4, -0.2) is 4.98 Å². The molecule has 3 aromatic rings. The van der Waals surface area contributed by atoms with Gasteiger partial charge in [-0.15, -0.1) is 0 Å². The van der Waals surface area contributed by atoms with Gasteiger partial charge in [-0.1, -0.05) is 170 Å². The van der Waals surface area contributed by atoms with Gasteiger partial charge in [0.25, 0.3) is 0 Å². The molecule has 1 aromatic heterocycles. The lowest BCUT2D eigenvalue weighted by molar-refractivity contribution is -0.725. The van der Waals surface area contributed by atoms with Crippen molar-refractivity contribution in [3.05, 3.63) is 90.5 Å². The third kappa shape index (κ3) is 13.0. The van der Waals surface area contributed by atoms with Crippen LogP contribution in [0.4, 0.5) is 0 Å². The van der Waals surface area contributed by atoms with E-state index in [-0.39, 0.29) is 0 Å². The Morgan fingerprint density at radius 1 is 0.590 bits per heavy atom. The number of nitrogens with zero attached hydrogens (tertiary/aromatic N) is 1. The highest BCUT2D eigenvalue weighted by molar-refractivity contribution is 5.25. The van der Waals surface area contributed by atoms with E-state index in [0.29, 0.717) is 12.0 Å². The van der Waals surface area contributed by atoms with Gasteiger partial charge in [-0.2, -0.15) is 0 Å². The quantitative estimate of drug-likeness (QED) is 0.0931. The van der Waals surface area contributed by atoms with E-state index in [4.69, 9.17) is 0 Å². The lowest BCUT2D eigenvalue weighted by atomic mass is 9.83. The molecule has 0 aliphatic rings. The van der Waals surface area contributed by atoms with E-state index in [0.717, 1.165) is 6.42 Å². The summed E-state index contributed by atoms with van der Waals surface area (Å²) in [5.41, 5.74) is 2.88. The maximum absolute atomic E-state index is 3.30. The summed E-state index contributed by atoms with van der Waals surface area (Å²) in [6.07, 6.45) is 33.0. The van der Waals surface area contributed by atoms with Crippen molar-refractivity contribution >= 4 is 0 Å². The number of imidazole rings is 1. The number of hydrogen-bond donors (Lipinski definition) is 1. The maximum atomic E-state index is 3.30. The van der Waals surface area contributed by atoms with Crippen LogP contribution in [0.1, 0.15) is 146 Å². The minimum absolute atomic E-state index is 0.468. The molecule has 0 spiro atoms. The van der Waals surface area contributed by atoms with Gasteiger partial charge >= 0.3 is 0 Å². The molecule has 0 amide bonds. The number of aromatic nitrogens is 2. The number of aromatic amines is 1. The molecule has 2 heteroatoms. The fraction of sp³-hybridized carbons (Fsp3) is 0.595. The number of H-pyrrole nitrogens is 1. The predicted octanol–water partition coefficient (Wildman–Crippen LogP) is 10.9. The molecule has 0 saturated heterocycles. The molecule has 0 fully saturated rings. The van der Waals surface area contributed by atoms with Crippen molar-refractivity contribution in [2.75, 3.05) is 0 Å². The molecule has 214 valence electrons. The fourth-order valence-corrected chi connectivity index (χ4v) is 6.19. The van der Waals surface area contributed by atoms with Gasteiger partial charge in [-0.25, -0.2) is 4.57 Å². The van der Waals surface area contributed by atoms with Crippen LogP contribution in [0.2, 0.25) is 0 Å². The highest BCUT2D eigenvalue weighted by Crippen LogP contribution is 2.33. The Labute approximate surface area is 240 Å². The van der Waals surface area contributed by atoms with Crippen LogP contribution in [0, 0.1) is 0 Å². The molecule has 1 N–H and O–H groups in total. The van der Waals surface area contributed by atoms with Crippen LogP contribution in [0.3, 0.4) is 0 Å². The molecule has 39 heavy (non-hydrogen) atoms. The first kappa shape index (κ1) is 31.2. The second-order valence-electron chi connectivity index (χ2n) is 11.8. The monoisotopic (exact) mass is 529 g/mol. The zero-order chi connectivity index (χ0) is 27.2. The number of hydrogen-bond acceptors (Lipinski definition) is 0. The predicted molar refractivity (Wildman–Crippen MR) is 168 cm³/mol. The van der Waals surface area contributed by atoms with E-state index in [1.54, 1.807) is 0 Å². The number of benzene rings is 2. The van der Waals surface area contributed by atoms with Gasteiger partial charge in [0.2, 0.25) is 6.33 Å². The lowest BCUT2D eigenvalue weighted by Crippen LogP contribution is -2.41. The molecule has 0 radical (unpaired) electrons. The van der Waals surface area contributed by atoms with Gasteiger partial charge in [0.05, 0.1) is 0 Å². The normalized spacial score (nSPS) is 12.9. The Bertz CT molecular complexity index is 919. The van der Waals surface area contributed by atoms with Crippen LogP contribution in [0.5, 0.6) is 0 Å². The standard InChI is InChI=1S/C37H56N2/c1-2-3-4-5-6-7-8-9-10-11-12-13-14-15-16-17-24-29-37(39-31-30-38-33-39)36(35-27-22-19-23-28-35)32-34-25-20-18-21-26-34/h18-23,25-28,30-31,33,36-37H,2-17,24,29,32H2,1H3/p+1. The van der Waals surface area contributed by atoms with Crippen LogP contribution in [0.15, 0.2) is 79.4 Å². The van der Waals surface area contributed by atoms with E-state index in [1.807, 2.05) is 0 Å². The van der Waals surface area contributed by atoms with Crippen molar-refractivity contribution in [3.8, 4) is 0 Å². The molecule has 2 nitrogen and oxygen atoms in total. The third-order valence-electron chi connectivity index (χ3n) is 8.54. The smallest absolute Gasteiger partial charge is 0.241 e. The summed E-state index contributed by atoms with van der Waals surface area (Å²) in [6, 6.07) is 22.7. The van der Waals surface area contributed by atoms with Gasteiger partial charge in [-0.05, 0) is 30.4 Å². The Morgan fingerprint density at radius 2 is 1.08 bits per heavy atom. The number of unbranched alkanes of at least 4 members (excludes halogenated alkanes) is 16. The Hall–Kier alpha value is -2.35. The first-order valence-corrected chi connectivity index (χ1v) is 16.5. The molecule has 0 aliphatic heterocycles. The highest BCUT2D eigenvalue weighted by Gasteiger charge is 2.28. The van der Waals surface area contributed by atoms with E-state index in [9.17, 15) is 0 Å². The molecule has 1 heterocycles. The number of nitrogens with one attached hydrogen (secondary N) is 1. The summed E-state index contributed by atoms with van der Waals surface area (Å²) in [7, 11) is 0. The van der Waals surface area contributed by atoms with E-state index < -0.39 is 0 Å². The zero-order valence-electron chi connectivity index (χ0n) is 25.0. The van der Waals surface area contributed by atoms with Crippen molar-refractivity contribution in [2.24, 2.45) is 0 Å². The largest absolute Gasteiger partial charge is 0.250 e. The Balaban J connectivity index is 1.32. The average Bonchev–Trinajstić information content (AvgIpc) is 3.52. The van der Waals surface area contributed by atoms with Gasteiger partial charge in [0.15, 0.2) is 0 Å². The van der Waals surface area contributed by atoms with E-state index in [2.05, 4.69) is 95.9 Å². The third-order valence-corrected chi connectivity index (χ3v) is 8.54. The maximum Gasteiger partial charge on any atom is 0.241 e.